The molecule has 3 fully saturated rings. The largest absolute Gasteiger partial charge is 0.544 e. The van der Waals surface area contributed by atoms with Gasteiger partial charge in [-0.2, -0.15) is 0 Å². The summed E-state index contributed by atoms with van der Waals surface area (Å²) in [6.45, 7) is 4.21. The highest BCUT2D eigenvalue weighted by molar-refractivity contribution is 5.98. The zero-order chi connectivity index (χ0) is 80.4. The minimum atomic E-state index is -1.20. The van der Waals surface area contributed by atoms with Crippen LogP contribution in [0.2, 0.25) is 0 Å². The van der Waals surface area contributed by atoms with E-state index in [0.29, 0.717) is 95.9 Å². The Morgan fingerprint density at radius 1 is 0.339 bits per heavy atom. The molecule has 6 aromatic carbocycles. The lowest BCUT2D eigenvalue weighted by Gasteiger charge is -2.23. The molecule has 6 aromatic rings. The number of ketones is 1. The molecule has 598 valence electrons. The first-order valence-corrected chi connectivity index (χ1v) is 34.9. The van der Waals surface area contributed by atoms with Crippen molar-refractivity contribution in [2.24, 2.45) is 0 Å². The number of Topliss-reactive ketones (excluding diaryl/α,β-unsaturated/α-hetero) is 1. The monoisotopic (exact) mass is 1530 g/mol. The fourth-order valence-corrected chi connectivity index (χ4v) is 10.2. The van der Waals surface area contributed by atoms with E-state index in [2.05, 4.69) is 34.4 Å². The van der Waals surface area contributed by atoms with Crippen molar-refractivity contribution in [3.05, 3.63) is 207 Å². The third kappa shape index (κ3) is 35.4. The molecule has 0 bridgehead atoms. The van der Waals surface area contributed by atoms with E-state index < -0.39 is 84.6 Å². The summed E-state index contributed by atoms with van der Waals surface area (Å²) in [5, 5.41) is 63.5. The van der Waals surface area contributed by atoms with Crippen LogP contribution in [0.5, 0.6) is 5.75 Å². The Kier molecular flexibility index (Phi) is 42.8. The molecule has 3 aliphatic heterocycles. The van der Waals surface area contributed by atoms with Crippen LogP contribution in [0.4, 0.5) is 0 Å². The van der Waals surface area contributed by atoms with E-state index in [0.717, 1.165) is 62.1 Å². The number of carbonyl (C=O) groups is 7. The lowest BCUT2D eigenvalue weighted by molar-refractivity contribution is -0.437. The summed E-state index contributed by atoms with van der Waals surface area (Å²) in [6, 6.07) is 39.6. The van der Waals surface area contributed by atoms with Gasteiger partial charge in [-0.15, -0.1) is 0 Å². The Morgan fingerprint density at radius 3 is 0.908 bits per heavy atom. The number of rotatable bonds is 35. The van der Waals surface area contributed by atoms with Crippen molar-refractivity contribution in [2.75, 3.05) is 88.9 Å². The number of hydrogen-bond donors (Lipinski definition) is 6. The van der Waals surface area contributed by atoms with Gasteiger partial charge in [-0.3, -0.25) is 4.79 Å². The summed E-state index contributed by atoms with van der Waals surface area (Å²) in [7, 11) is 9.02. The fourth-order valence-electron chi connectivity index (χ4n) is 10.2. The molecule has 18 N–H and O–H groups in total. The van der Waals surface area contributed by atoms with Gasteiger partial charge in [0.25, 0.3) is 0 Å². The van der Waals surface area contributed by atoms with Gasteiger partial charge in [-0.25, -0.2) is 0 Å². The Bertz CT molecular complexity index is 3540. The van der Waals surface area contributed by atoms with Crippen LogP contribution in [0.3, 0.4) is 0 Å². The molecule has 109 heavy (non-hydrogen) atoms. The van der Waals surface area contributed by atoms with Gasteiger partial charge in [0, 0.05) is 111 Å². The standard InChI is InChI=1S/C13H19NO5.C13H17NO5.2C13H17NO4.C13H19NO4.C12H15NO4/c1-17-12(18-2)8-19-10-5-3-9(4-6-10)7-11(14)13(15)16;1-18-13(19-2)11(15)9-5-3-8(4-6-9)7-10(14)12(16)17;14-11(12(15)16)8-9-2-4-10(5-3-9)13-17-6-1-7-18-13;14-11(13(15)16)7-9-1-3-10(4-2-9)8-12-17-5-6-18-12;1-17-12(18-2)8-10-5-3-9(4-6-10)7-11(14)13(15)16;13-10(11(14)15)7-8-1-3-9(4-2-8)12-16-5-6-17-12/h3-6,11-12H,7-8,14H2,1-2H3,(H,15,16);3-6,10,13H,7,14H2,1-2H3,(H,16,17);2-5,11,13H,1,6-8,14H2,(H,15,16);1-4,11-12H,5-8,14H2,(H,15,16);3-6,11-12H,7-8,14H2,1-2H3,(H,15,16);1-4,10,12H,5-7,13H2,(H,14,15). The van der Waals surface area contributed by atoms with Crippen molar-refractivity contribution in [3.63, 3.8) is 0 Å². The van der Waals surface area contributed by atoms with Gasteiger partial charge >= 0.3 is 0 Å². The molecule has 32 nitrogen and oxygen atoms in total. The predicted molar refractivity (Wildman–Crippen MR) is 371 cm³/mol. The second-order valence-corrected chi connectivity index (χ2v) is 25.1. The summed E-state index contributed by atoms with van der Waals surface area (Å²) in [5.74, 6) is -6.47. The van der Waals surface area contributed by atoms with Crippen molar-refractivity contribution in [2.45, 2.75) is 132 Å². The SMILES string of the molecule is COC(COc1ccc(CC([NH3+])C(=O)[O-])cc1)OC.COC(Cc1ccc(CC([NH3+])C(=O)[O-])cc1)OC.COC(OC)C(=O)c1ccc(CC([NH3+])C(=O)[O-])cc1.[NH3+]C(Cc1ccc(C2OCCCO2)cc1)C(=O)[O-].[NH3+]C(Cc1ccc(C2OCCO2)cc1)C(=O)[O-].[NH3+]C(Cc1ccc(CC2OCCO2)cc1)C(=O)[O-]. The number of ether oxygens (including phenoxy) is 13. The highest BCUT2D eigenvalue weighted by Gasteiger charge is 2.23. The first-order chi connectivity index (χ1) is 52.1. The molecular weight excluding hydrogens is 1420 g/mol. The fraction of sp³-hybridized carbons (Fsp3) is 0.442. The van der Waals surface area contributed by atoms with E-state index in [1.165, 1.54) is 28.4 Å². The van der Waals surface area contributed by atoms with Gasteiger partial charge in [0.1, 0.15) is 48.6 Å². The topological polar surface area (TPSA) is 544 Å². The molecule has 32 heteroatoms. The Hall–Kier alpha value is -9.11. The van der Waals surface area contributed by atoms with Crippen LogP contribution < -0.4 is 69.8 Å². The van der Waals surface area contributed by atoms with Crippen LogP contribution in [-0.2, 0) is 137 Å². The number of carboxylic acids is 6. The van der Waals surface area contributed by atoms with E-state index in [1.807, 2.05) is 97.1 Å². The molecule has 3 aliphatic rings. The first kappa shape index (κ1) is 92.3. The van der Waals surface area contributed by atoms with Gasteiger partial charge in [0.05, 0.1) is 75.5 Å². The van der Waals surface area contributed by atoms with Crippen LogP contribution in [0.15, 0.2) is 146 Å². The minimum absolute atomic E-state index is 0.153. The summed E-state index contributed by atoms with van der Waals surface area (Å²) < 4.78 is 67.8. The highest BCUT2D eigenvalue weighted by Crippen LogP contribution is 2.25. The lowest BCUT2D eigenvalue weighted by Crippen LogP contribution is -2.69. The van der Waals surface area contributed by atoms with Gasteiger partial charge in [0.2, 0.25) is 12.1 Å². The average molecular weight is 1530 g/mol. The second kappa shape index (κ2) is 50.6. The van der Waals surface area contributed by atoms with E-state index in [1.54, 1.807) is 62.8 Å². The minimum Gasteiger partial charge on any atom is -0.544 e. The molecule has 0 aromatic heterocycles. The summed E-state index contributed by atoms with van der Waals surface area (Å²) in [6.07, 6.45) is 2.03. The molecule has 3 saturated heterocycles. The average Bonchev–Trinajstić information content (AvgIpc) is 1.59. The van der Waals surface area contributed by atoms with E-state index >= 15 is 0 Å². The summed E-state index contributed by atoms with van der Waals surface area (Å²) in [5.41, 5.74) is 31.0. The molecule has 6 unspecified atom stereocenters. The molecule has 0 amide bonds. The van der Waals surface area contributed by atoms with Gasteiger partial charge < -0.3 is 155 Å². The number of quaternary nitrogens is 6. The van der Waals surface area contributed by atoms with Crippen LogP contribution in [-0.4, -0.2) is 192 Å². The predicted octanol–water partition coefficient (Wildman–Crippen LogP) is -8.11. The number of methoxy groups -OCH3 is 6. The summed E-state index contributed by atoms with van der Waals surface area (Å²) in [4.78, 5) is 75.4. The van der Waals surface area contributed by atoms with Crippen molar-refractivity contribution < 1.29 is 160 Å². The van der Waals surface area contributed by atoms with Gasteiger partial charge in [-0.1, -0.05) is 133 Å². The maximum atomic E-state index is 11.9. The highest BCUT2D eigenvalue weighted by atomic mass is 16.7. The maximum Gasteiger partial charge on any atom is 0.222 e. The van der Waals surface area contributed by atoms with Crippen LogP contribution >= 0.6 is 0 Å². The van der Waals surface area contributed by atoms with E-state index in [-0.39, 0.29) is 44.0 Å². The number of carboxylic acid groups (broad SMARTS) is 6. The Balaban J connectivity index is 0.000000276. The lowest BCUT2D eigenvalue weighted by atomic mass is 10.0. The molecule has 0 aliphatic carbocycles. The third-order valence-electron chi connectivity index (χ3n) is 16.6. The zero-order valence-corrected chi connectivity index (χ0v) is 62.5. The molecule has 0 radical (unpaired) electrons. The third-order valence-corrected chi connectivity index (χ3v) is 16.6. The molecular formula is C77H104N6O26. The van der Waals surface area contributed by atoms with Gasteiger partial charge in [0.15, 0.2) is 31.5 Å². The van der Waals surface area contributed by atoms with Crippen molar-refractivity contribution >= 4 is 41.6 Å². The zero-order valence-electron chi connectivity index (χ0n) is 62.5. The Morgan fingerprint density at radius 2 is 0.606 bits per heavy atom. The number of benzene rings is 6. The van der Waals surface area contributed by atoms with Crippen LogP contribution in [0.25, 0.3) is 0 Å². The quantitative estimate of drug-likeness (QED) is 0.0159. The molecule has 6 atom stereocenters. The van der Waals surface area contributed by atoms with Crippen molar-refractivity contribution in [3.8, 4) is 5.75 Å². The molecule has 0 spiro atoms. The molecule has 9 rings (SSSR count). The normalized spacial score (nSPS) is 15.3. The molecule has 3 heterocycles. The number of hydrogen-bond acceptors (Lipinski definition) is 26. The first-order valence-electron chi connectivity index (χ1n) is 34.9. The van der Waals surface area contributed by atoms with E-state index in [4.69, 9.17) is 61.6 Å². The van der Waals surface area contributed by atoms with Crippen molar-refractivity contribution in [1.29, 1.82) is 0 Å². The number of carbonyl (C=O) groups excluding carboxylic acids is 7. The van der Waals surface area contributed by atoms with Crippen LogP contribution in [0, 0.1) is 0 Å². The second-order valence-electron chi connectivity index (χ2n) is 25.1. The smallest absolute Gasteiger partial charge is 0.222 e. The van der Waals surface area contributed by atoms with Gasteiger partial charge in [-0.05, 0) is 63.1 Å². The molecule has 0 saturated carbocycles. The summed E-state index contributed by atoms with van der Waals surface area (Å²) >= 11 is 0. The van der Waals surface area contributed by atoms with Crippen molar-refractivity contribution in [1.82, 2.24) is 0 Å². The maximum absolute atomic E-state index is 11.9. The van der Waals surface area contributed by atoms with Crippen LogP contribution in [0.1, 0.15) is 85.0 Å². The number of aliphatic carboxylic acids is 6. The Labute approximate surface area is 632 Å². The van der Waals surface area contributed by atoms with E-state index in [9.17, 15) is 64.2 Å².